The van der Waals surface area contributed by atoms with Crippen LogP contribution in [-0.4, -0.2) is 64.9 Å². The van der Waals surface area contributed by atoms with Gasteiger partial charge in [-0.25, -0.2) is 9.48 Å². The fourth-order valence-corrected chi connectivity index (χ4v) is 4.35. The van der Waals surface area contributed by atoms with Crippen molar-refractivity contribution in [1.82, 2.24) is 15.0 Å². The van der Waals surface area contributed by atoms with Crippen LogP contribution in [0.1, 0.15) is 47.3 Å². The first kappa shape index (κ1) is 30.5. The maximum Gasteiger partial charge on any atom is 0.418 e. The Labute approximate surface area is 238 Å². The minimum absolute atomic E-state index is 0.142. The second-order valence-electron chi connectivity index (χ2n) is 9.68. The number of amides is 2. The molecule has 4 rings (SSSR count). The summed E-state index contributed by atoms with van der Waals surface area (Å²) in [6, 6.07) is 7.82. The third kappa shape index (κ3) is 7.61. The van der Waals surface area contributed by atoms with Gasteiger partial charge in [0.15, 0.2) is 12.1 Å². The number of ether oxygens (including phenoxy) is 2. The van der Waals surface area contributed by atoms with Gasteiger partial charge in [-0.15, -0.1) is 5.10 Å². The van der Waals surface area contributed by atoms with E-state index in [4.69, 9.17) is 14.6 Å². The number of halogens is 3. The molecule has 224 valence electrons. The summed E-state index contributed by atoms with van der Waals surface area (Å²) in [5.74, 6) is -1.57. The van der Waals surface area contributed by atoms with Gasteiger partial charge in [-0.2, -0.15) is 13.2 Å². The Morgan fingerprint density at radius 2 is 1.90 bits per heavy atom. The lowest BCUT2D eigenvalue weighted by Crippen LogP contribution is -2.22. The third-order valence-corrected chi connectivity index (χ3v) is 6.35. The molecule has 0 bridgehead atoms. The third-order valence-electron chi connectivity index (χ3n) is 6.35. The Balaban J connectivity index is 1.49. The maximum absolute atomic E-state index is 13.7. The molecule has 1 unspecified atom stereocenters. The Bertz CT molecular complexity index is 1450. The number of nitrogens with zero attached hydrogens (tertiary/aromatic N) is 4. The molecule has 0 radical (unpaired) electrons. The van der Waals surface area contributed by atoms with Gasteiger partial charge in [0.2, 0.25) is 5.91 Å². The minimum atomic E-state index is -4.80. The van der Waals surface area contributed by atoms with E-state index in [9.17, 15) is 27.6 Å². The maximum atomic E-state index is 13.7. The van der Waals surface area contributed by atoms with E-state index >= 15 is 0 Å². The fraction of sp³-hybridized carbons (Fsp3) is 0.370. The number of carboxylic acid groups (broad SMARTS) is 1. The highest BCUT2D eigenvalue weighted by Gasteiger charge is 2.35. The average molecular weight is 591 g/mol. The van der Waals surface area contributed by atoms with Gasteiger partial charge in [-0.05, 0) is 43.5 Å². The molecule has 0 saturated carbocycles. The predicted molar refractivity (Wildman–Crippen MR) is 145 cm³/mol. The average Bonchev–Trinajstić information content (AvgIpc) is 3.41. The summed E-state index contributed by atoms with van der Waals surface area (Å²) in [4.78, 5) is 38.2. The number of hydrogen-bond donors (Lipinski definition) is 3. The van der Waals surface area contributed by atoms with Crippen LogP contribution < -0.4 is 15.5 Å². The van der Waals surface area contributed by atoms with Gasteiger partial charge in [0, 0.05) is 26.3 Å². The molecule has 1 atom stereocenters. The molecule has 1 aliphatic rings. The zero-order chi connectivity index (χ0) is 30.4. The van der Waals surface area contributed by atoms with Crippen molar-refractivity contribution in [1.29, 1.82) is 0 Å². The van der Waals surface area contributed by atoms with Crippen LogP contribution in [0, 0.1) is 0 Å². The summed E-state index contributed by atoms with van der Waals surface area (Å²) in [6.45, 7) is 0.791. The van der Waals surface area contributed by atoms with Crippen LogP contribution >= 0.6 is 0 Å². The molecular formula is C27H29F3N6O6. The predicted octanol–water partition coefficient (Wildman–Crippen LogP) is 4.70. The molecule has 42 heavy (non-hydrogen) atoms. The largest absolute Gasteiger partial charge is 0.465 e. The molecule has 2 amide bonds. The lowest BCUT2D eigenvalue weighted by Gasteiger charge is -2.22. The Morgan fingerprint density at radius 1 is 1.14 bits per heavy atom. The number of anilines is 3. The number of carbonyl (C=O) groups excluding carboxylic acids is 2. The summed E-state index contributed by atoms with van der Waals surface area (Å²) in [5, 5.41) is 21.4. The van der Waals surface area contributed by atoms with E-state index in [0.29, 0.717) is 24.1 Å². The number of hydrogen-bond acceptors (Lipinski definition) is 8. The first-order valence-corrected chi connectivity index (χ1v) is 12.9. The molecule has 3 N–H and O–H groups in total. The Morgan fingerprint density at radius 3 is 2.57 bits per heavy atom. The van der Waals surface area contributed by atoms with Crippen molar-refractivity contribution in [3.8, 4) is 5.69 Å². The highest BCUT2D eigenvalue weighted by atomic mass is 19.4. The lowest BCUT2D eigenvalue weighted by molar-refractivity contribution is -0.169. The van der Waals surface area contributed by atoms with E-state index in [-0.39, 0.29) is 29.8 Å². The number of carbonyl (C=O) groups is 3. The zero-order valence-electron chi connectivity index (χ0n) is 22.8. The summed E-state index contributed by atoms with van der Waals surface area (Å²) in [5.41, 5.74) is -0.932. The van der Waals surface area contributed by atoms with Crippen molar-refractivity contribution in [3.63, 3.8) is 0 Å². The van der Waals surface area contributed by atoms with Crippen LogP contribution in [0.15, 0.2) is 42.6 Å². The highest BCUT2D eigenvalue weighted by Crippen LogP contribution is 2.41. The zero-order valence-corrected chi connectivity index (χ0v) is 22.8. The number of rotatable bonds is 10. The van der Waals surface area contributed by atoms with Crippen molar-refractivity contribution in [3.05, 3.63) is 59.4 Å². The van der Waals surface area contributed by atoms with Gasteiger partial charge < -0.3 is 24.8 Å². The molecule has 1 aliphatic heterocycles. The lowest BCUT2D eigenvalue weighted by atomic mass is 10.1. The van der Waals surface area contributed by atoms with E-state index in [0.717, 1.165) is 30.2 Å². The summed E-state index contributed by atoms with van der Waals surface area (Å²) in [6.07, 6.45) is -3.12. The molecule has 3 aromatic rings. The fourth-order valence-electron chi connectivity index (χ4n) is 4.35. The molecular weight excluding hydrogens is 561 g/mol. The monoisotopic (exact) mass is 590 g/mol. The second kappa shape index (κ2) is 13.0. The second-order valence-corrected chi connectivity index (χ2v) is 9.68. The van der Waals surface area contributed by atoms with E-state index in [1.807, 2.05) is 5.32 Å². The van der Waals surface area contributed by atoms with Crippen molar-refractivity contribution in [2.24, 2.45) is 0 Å². The van der Waals surface area contributed by atoms with Gasteiger partial charge in [0.25, 0.3) is 0 Å². The molecule has 1 fully saturated rings. The van der Waals surface area contributed by atoms with Gasteiger partial charge >= 0.3 is 12.3 Å². The Hall–Kier alpha value is -4.50. The Kier molecular flexibility index (Phi) is 9.42. The molecule has 1 saturated heterocycles. The number of benzene rings is 2. The summed E-state index contributed by atoms with van der Waals surface area (Å²) in [7, 11) is 2.72. The molecule has 2 heterocycles. The minimum Gasteiger partial charge on any atom is -0.465 e. The normalized spacial score (nSPS) is 15.2. The van der Waals surface area contributed by atoms with Crippen LogP contribution in [0.4, 0.5) is 35.0 Å². The molecule has 0 spiro atoms. The first-order chi connectivity index (χ1) is 19.9. The van der Waals surface area contributed by atoms with E-state index in [1.54, 1.807) is 12.1 Å². The summed E-state index contributed by atoms with van der Waals surface area (Å²) < 4.78 is 54.0. The van der Waals surface area contributed by atoms with Gasteiger partial charge in [0.05, 0.1) is 53.2 Å². The van der Waals surface area contributed by atoms with E-state index < -0.39 is 41.6 Å². The van der Waals surface area contributed by atoms with Gasteiger partial charge in [0.1, 0.15) is 0 Å². The molecule has 1 aromatic heterocycles. The summed E-state index contributed by atoms with van der Waals surface area (Å²) >= 11 is 0. The number of alkyl halides is 3. The van der Waals surface area contributed by atoms with Crippen LogP contribution in [-0.2, 0) is 27.1 Å². The van der Waals surface area contributed by atoms with Crippen molar-refractivity contribution < 1.29 is 42.1 Å². The molecule has 12 nitrogen and oxygen atoms in total. The standard InChI is InChI=1S/C27H29F3N6O6/c1-35(2)22-12-21(33-26(39)40)20(11-19(22)27(28,29)30)32-24(38)13-23(37)16-6-5-7-17(10-16)36-18(14-31-34-36)15-42-25-8-3-4-9-41-25/h5-7,10-12,14,25,33H,3-4,8-9,13,15H2,1-2H3,(H,32,38)(H,39,40). The highest BCUT2D eigenvalue weighted by molar-refractivity contribution is 6.12. The van der Waals surface area contributed by atoms with Gasteiger partial charge in [-0.3, -0.25) is 14.9 Å². The quantitative estimate of drug-likeness (QED) is 0.226. The topological polar surface area (TPSA) is 148 Å². The first-order valence-electron chi connectivity index (χ1n) is 12.9. The van der Waals surface area contributed by atoms with Crippen molar-refractivity contribution in [2.75, 3.05) is 36.2 Å². The van der Waals surface area contributed by atoms with E-state index in [1.165, 1.54) is 37.1 Å². The van der Waals surface area contributed by atoms with Crippen LogP contribution in [0.2, 0.25) is 0 Å². The van der Waals surface area contributed by atoms with Crippen LogP contribution in [0.3, 0.4) is 0 Å². The number of aromatic nitrogens is 3. The van der Waals surface area contributed by atoms with E-state index in [2.05, 4.69) is 15.6 Å². The van der Waals surface area contributed by atoms with Crippen LogP contribution in [0.25, 0.3) is 5.69 Å². The number of nitrogens with one attached hydrogen (secondary N) is 2. The molecule has 15 heteroatoms. The number of Topliss-reactive ketones (excluding diaryl/α,β-unsaturated/α-hetero) is 1. The molecule has 0 aliphatic carbocycles. The van der Waals surface area contributed by atoms with Crippen LogP contribution in [0.5, 0.6) is 0 Å². The van der Waals surface area contributed by atoms with Crippen molar-refractivity contribution >= 4 is 34.8 Å². The van der Waals surface area contributed by atoms with Gasteiger partial charge in [-0.1, -0.05) is 17.3 Å². The SMILES string of the molecule is CN(C)c1cc(NC(=O)O)c(NC(=O)CC(=O)c2cccc(-n3nncc3COC3CCCCO3)c2)cc1C(F)(F)F. The number of ketones is 1. The van der Waals surface area contributed by atoms with Crippen molar-refractivity contribution in [2.45, 2.75) is 44.8 Å². The smallest absolute Gasteiger partial charge is 0.418 e. The molecule has 2 aromatic carbocycles.